The lowest BCUT2D eigenvalue weighted by molar-refractivity contribution is -0.140. The molecule has 0 aliphatic carbocycles. The Hall–Kier alpha value is -3.27. The molecule has 0 fully saturated rings. The molecular formula is C30H35Cl2N3O5S. The highest BCUT2D eigenvalue weighted by atomic mass is 35.5. The van der Waals surface area contributed by atoms with E-state index < -0.39 is 34.1 Å². The first kappa shape index (κ1) is 32.2. The molecule has 0 bridgehead atoms. The third-order valence-electron chi connectivity index (χ3n) is 6.02. The number of carbonyl (C=O) groups excluding carboxylic acids is 2. The van der Waals surface area contributed by atoms with Gasteiger partial charge in [-0.3, -0.25) is 13.9 Å². The molecule has 0 saturated carbocycles. The molecule has 1 unspecified atom stereocenters. The zero-order chi connectivity index (χ0) is 30.4. The minimum absolute atomic E-state index is 0.0278. The molecule has 0 heterocycles. The highest BCUT2D eigenvalue weighted by Crippen LogP contribution is 2.33. The van der Waals surface area contributed by atoms with Crippen LogP contribution >= 0.6 is 23.2 Å². The fourth-order valence-electron chi connectivity index (χ4n) is 4.08. The summed E-state index contributed by atoms with van der Waals surface area (Å²) in [5.74, 6) is -0.680. The highest BCUT2D eigenvalue weighted by molar-refractivity contribution is 7.92. The molecule has 41 heavy (non-hydrogen) atoms. The van der Waals surface area contributed by atoms with Crippen molar-refractivity contribution in [1.29, 1.82) is 0 Å². The van der Waals surface area contributed by atoms with Gasteiger partial charge in [0.05, 0.1) is 17.2 Å². The van der Waals surface area contributed by atoms with Crippen LogP contribution in [0.3, 0.4) is 0 Å². The first-order valence-corrected chi connectivity index (χ1v) is 15.3. The van der Waals surface area contributed by atoms with Crippen molar-refractivity contribution in [1.82, 2.24) is 10.2 Å². The Morgan fingerprint density at radius 1 is 0.951 bits per heavy atom. The van der Waals surface area contributed by atoms with Gasteiger partial charge in [0.15, 0.2) is 0 Å². The minimum Gasteiger partial charge on any atom is -0.492 e. The Balaban J connectivity index is 2.09. The van der Waals surface area contributed by atoms with E-state index in [1.54, 1.807) is 62.4 Å². The molecular weight excluding hydrogens is 585 g/mol. The average molecular weight is 621 g/mol. The summed E-state index contributed by atoms with van der Waals surface area (Å²) >= 11 is 12.2. The quantitative estimate of drug-likeness (QED) is 0.287. The topological polar surface area (TPSA) is 96.0 Å². The fraction of sp³-hybridized carbons (Fsp3) is 0.333. The molecule has 3 aromatic carbocycles. The number of amides is 2. The third-order valence-corrected chi connectivity index (χ3v) is 8.28. The summed E-state index contributed by atoms with van der Waals surface area (Å²) in [5, 5.41) is 3.74. The second-order valence-electron chi connectivity index (χ2n) is 10.4. The molecule has 1 N–H and O–H groups in total. The van der Waals surface area contributed by atoms with Gasteiger partial charge in [-0.2, -0.15) is 0 Å². The molecule has 0 aliphatic heterocycles. The number of carbonyl (C=O) groups is 2. The smallest absolute Gasteiger partial charge is 0.264 e. The molecule has 1 atom stereocenters. The Bertz CT molecular complexity index is 1470. The molecule has 0 aliphatic rings. The minimum atomic E-state index is -4.27. The van der Waals surface area contributed by atoms with Crippen molar-refractivity contribution < 1.29 is 22.7 Å². The highest BCUT2D eigenvalue weighted by Gasteiger charge is 2.34. The summed E-state index contributed by atoms with van der Waals surface area (Å²) in [6, 6.07) is 18.3. The number of para-hydroxylation sites is 2. The SMILES string of the molecule is CCOc1ccccc1N(CC(=O)N(Cc1cccc(Cl)c1)C(C)C(=O)NC(C)(C)C)S(=O)(=O)c1ccc(Cl)cc1. The summed E-state index contributed by atoms with van der Waals surface area (Å²) in [6.45, 7) is 8.62. The van der Waals surface area contributed by atoms with Gasteiger partial charge in [0.1, 0.15) is 18.3 Å². The molecule has 0 spiro atoms. The predicted molar refractivity (Wildman–Crippen MR) is 163 cm³/mol. The number of rotatable bonds is 11. The number of nitrogens with one attached hydrogen (secondary N) is 1. The van der Waals surface area contributed by atoms with Crippen LogP contribution in [0, 0.1) is 0 Å². The number of sulfonamides is 1. The van der Waals surface area contributed by atoms with Crippen molar-refractivity contribution in [3.05, 3.63) is 88.4 Å². The molecule has 3 rings (SSSR count). The van der Waals surface area contributed by atoms with Gasteiger partial charge in [0.2, 0.25) is 11.8 Å². The first-order chi connectivity index (χ1) is 19.2. The van der Waals surface area contributed by atoms with Crippen molar-refractivity contribution in [3.63, 3.8) is 0 Å². The number of nitrogens with zero attached hydrogens (tertiary/aromatic N) is 2. The van der Waals surface area contributed by atoms with Gasteiger partial charge in [-0.15, -0.1) is 0 Å². The van der Waals surface area contributed by atoms with E-state index in [0.717, 1.165) is 4.31 Å². The van der Waals surface area contributed by atoms with Crippen molar-refractivity contribution in [2.24, 2.45) is 0 Å². The van der Waals surface area contributed by atoms with E-state index in [1.165, 1.54) is 29.2 Å². The lowest BCUT2D eigenvalue weighted by Gasteiger charge is -2.33. The molecule has 2 amide bonds. The zero-order valence-corrected chi connectivity index (χ0v) is 26.1. The van der Waals surface area contributed by atoms with E-state index in [0.29, 0.717) is 21.4 Å². The van der Waals surface area contributed by atoms with Gasteiger partial charge in [-0.05, 0) is 88.7 Å². The maximum atomic E-state index is 14.1. The number of halogens is 2. The largest absolute Gasteiger partial charge is 0.492 e. The van der Waals surface area contributed by atoms with Crippen LogP contribution in [0.5, 0.6) is 5.75 Å². The van der Waals surface area contributed by atoms with Crippen LogP contribution in [0.1, 0.15) is 40.2 Å². The third kappa shape index (κ3) is 8.61. The van der Waals surface area contributed by atoms with Gasteiger partial charge in [0, 0.05) is 22.1 Å². The summed E-state index contributed by atoms with van der Waals surface area (Å²) in [6.07, 6.45) is 0. The molecule has 220 valence electrons. The summed E-state index contributed by atoms with van der Waals surface area (Å²) in [4.78, 5) is 28.6. The number of hydrogen-bond acceptors (Lipinski definition) is 5. The summed E-state index contributed by atoms with van der Waals surface area (Å²) in [7, 11) is -4.27. The lowest BCUT2D eigenvalue weighted by atomic mass is 10.1. The molecule has 0 radical (unpaired) electrons. The number of ether oxygens (including phenoxy) is 1. The Kier molecular flexibility index (Phi) is 10.7. The van der Waals surface area contributed by atoms with Crippen LogP contribution in [-0.4, -0.2) is 49.9 Å². The fourth-order valence-corrected chi connectivity index (χ4v) is 5.84. The van der Waals surface area contributed by atoms with Crippen LogP contribution in [0.2, 0.25) is 10.0 Å². The zero-order valence-electron chi connectivity index (χ0n) is 23.7. The van der Waals surface area contributed by atoms with Crippen LogP contribution in [-0.2, 0) is 26.2 Å². The summed E-state index contributed by atoms with van der Waals surface area (Å²) < 4.78 is 34.8. The van der Waals surface area contributed by atoms with E-state index in [-0.39, 0.29) is 29.6 Å². The molecule has 0 saturated heterocycles. The maximum Gasteiger partial charge on any atom is 0.264 e. The second-order valence-corrected chi connectivity index (χ2v) is 13.2. The number of benzene rings is 3. The van der Waals surface area contributed by atoms with E-state index in [2.05, 4.69) is 5.32 Å². The van der Waals surface area contributed by atoms with Crippen LogP contribution in [0.15, 0.2) is 77.7 Å². The van der Waals surface area contributed by atoms with Crippen molar-refractivity contribution in [3.8, 4) is 5.75 Å². The van der Waals surface area contributed by atoms with E-state index >= 15 is 0 Å². The Morgan fingerprint density at radius 2 is 1.61 bits per heavy atom. The van der Waals surface area contributed by atoms with Gasteiger partial charge < -0.3 is 15.0 Å². The molecule has 8 nitrogen and oxygen atoms in total. The van der Waals surface area contributed by atoms with Crippen molar-refractivity contribution in [2.75, 3.05) is 17.5 Å². The second kappa shape index (κ2) is 13.6. The predicted octanol–water partition coefficient (Wildman–Crippen LogP) is 5.92. The first-order valence-electron chi connectivity index (χ1n) is 13.1. The Morgan fingerprint density at radius 3 is 2.22 bits per heavy atom. The maximum absolute atomic E-state index is 14.1. The summed E-state index contributed by atoms with van der Waals surface area (Å²) in [5.41, 5.74) is 0.325. The van der Waals surface area contributed by atoms with E-state index in [1.807, 2.05) is 20.8 Å². The van der Waals surface area contributed by atoms with Crippen molar-refractivity contribution >= 4 is 50.7 Å². The molecule has 3 aromatic rings. The monoisotopic (exact) mass is 619 g/mol. The van der Waals surface area contributed by atoms with Gasteiger partial charge in [-0.25, -0.2) is 8.42 Å². The molecule has 11 heteroatoms. The van der Waals surface area contributed by atoms with Crippen molar-refractivity contribution in [2.45, 2.75) is 57.6 Å². The normalized spacial score (nSPS) is 12.4. The number of anilines is 1. The van der Waals surface area contributed by atoms with Crippen LogP contribution in [0.4, 0.5) is 5.69 Å². The lowest BCUT2D eigenvalue weighted by Crippen LogP contribution is -2.54. The number of hydrogen-bond donors (Lipinski definition) is 1. The Labute approximate surface area is 252 Å². The van der Waals surface area contributed by atoms with E-state index in [4.69, 9.17) is 27.9 Å². The van der Waals surface area contributed by atoms with E-state index in [9.17, 15) is 18.0 Å². The average Bonchev–Trinajstić information content (AvgIpc) is 2.90. The molecule has 0 aromatic heterocycles. The van der Waals surface area contributed by atoms with Crippen LogP contribution < -0.4 is 14.4 Å². The van der Waals surface area contributed by atoms with Gasteiger partial charge in [-0.1, -0.05) is 47.5 Å². The van der Waals surface area contributed by atoms with Gasteiger partial charge >= 0.3 is 0 Å². The standard InChI is InChI=1S/C30H35Cl2N3O5S/c1-6-40-27-13-8-7-12-26(27)35(41(38,39)25-16-14-23(31)15-17-25)20-28(36)34(19-22-10-9-11-24(32)18-22)21(2)29(37)33-30(3,4)5/h7-18,21H,6,19-20H2,1-5H3,(H,33,37). The van der Waals surface area contributed by atoms with Gasteiger partial charge in [0.25, 0.3) is 10.0 Å². The van der Waals surface area contributed by atoms with Crippen LogP contribution in [0.25, 0.3) is 0 Å².